The van der Waals surface area contributed by atoms with E-state index in [1.54, 1.807) is 7.11 Å². The fourth-order valence-electron chi connectivity index (χ4n) is 1.60. The quantitative estimate of drug-likeness (QED) is 0.806. The molecule has 0 saturated heterocycles. The van der Waals surface area contributed by atoms with E-state index in [1.165, 1.54) is 0 Å². The normalized spacial score (nSPS) is 13.1. The lowest BCUT2D eigenvalue weighted by Gasteiger charge is -2.21. The average molecular weight is 281 g/mol. The van der Waals surface area contributed by atoms with Gasteiger partial charge in [-0.15, -0.1) is 0 Å². The number of benzene rings is 1. The Morgan fingerprint density at radius 2 is 1.95 bits per heavy atom. The van der Waals surface area contributed by atoms with E-state index in [1.807, 2.05) is 25.1 Å². The lowest BCUT2D eigenvalue weighted by molar-refractivity contribution is 0.171. The van der Waals surface area contributed by atoms with Crippen molar-refractivity contribution >= 4 is 0 Å². The van der Waals surface area contributed by atoms with E-state index in [-0.39, 0.29) is 18.1 Å². The summed E-state index contributed by atoms with van der Waals surface area (Å²) < 4.78 is 11.0. The van der Waals surface area contributed by atoms with Crippen molar-refractivity contribution in [2.45, 2.75) is 39.8 Å². The summed E-state index contributed by atoms with van der Waals surface area (Å²) in [5.74, 6) is 1.55. The molecule has 0 aliphatic heterocycles. The summed E-state index contributed by atoms with van der Waals surface area (Å²) >= 11 is 0. The molecule has 0 aliphatic rings. The second-order valence-electron chi connectivity index (χ2n) is 6.19. The van der Waals surface area contributed by atoms with Crippen molar-refractivity contribution in [1.29, 1.82) is 0 Å². The first-order chi connectivity index (χ1) is 9.35. The highest BCUT2D eigenvalue weighted by Gasteiger charge is 2.11. The Hall–Kier alpha value is -1.26. The fraction of sp³-hybridized carbons (Fsp3) is 0.625. The van der Waals surface area contributed by atoms with Gasteiger partial charge in [-0.2, -0.15) is 0 Å². The van der Waals surface area contributed by atoms with Crippen LogP contribution in [0.2, 0.25) is 0 Å². The van der Waals surface area contributed by atoms with Crippen LogP contribution in [0.15, 0.2) is 18.2 Å². The Morgan fingerprint density at radius 1 is 1.25 bits per heavy atom. The molecule has 4 heteroatoms. The van der Waals surface area contributed by atoms with Gasteiger partial charge in [-0.1, -0.05) is 13.0 Å². The molecule has 0 bridgehead atoms. The van der Waals surface area contributed by atoms with Gasteiger partial charge >= 0.3 is 0 Å². The molecule has 0 saturated carbocycles. The van der Waals surface area contributed by atoms with Crippen LogP contribution in [0.4, 0.5) is 0 Å². The fourth-order valence-corrected chi connectivity index (χ4v) is 1.60. The van der Waals surface area contributed by atoms with Crippen LogP contribution in [-0.2, 0) is 6.54 Å². The van der Waals surface area contributed by atoms with E-state index < -0.39 is 0 Å². The van der Waals surface area contributed by atoms with Gasteiger partial charge < -0.3 is 19.9 Å². The molecule has 1 rings (SSSR count). The number of rotatable bonds is 7. The predicted octanol–water partition coefficient (Wildman–Crippen LogP) is 2.59. The molecule has 1 unspecified atom stereocenters. The minimum absolute atomic E-state index is 0.0757. The number of aliphatic hydroxyl groups excluding tert-OH is 1. The van der Waals surface area contributed by atoms with Crippen molar-refractivity contribution in [3.63, 3.8) is 0 Å². The van der Waals surface area contributed by atoms with E-state index >= 15 is 0 Å². The van der Waals surface area contributed by atoms with Gasteiger partial charge in [0, 0.05) is 24.6 Å². The molecule has 1 aromatic rings. The third kappa shape index (κ3) is 5.80. The standard InChI is InChI=1S/C16H27NO3/c1-12(10-18)11-20-15-8-13(6-7-14(15)19-5)9-17-16(2,3)4/h6-8,12,17-18H,9-11H2,1-5H3. The number of methoxy groups -OCH3 is 1. The van der Waals surface area contributed by atoms with Gasteiger partial charge in [0.2, 0.25) is 0 Å². The highest BCUT2D eigenvalue weighted by molar-refractivity contribution is 5.43. The number of hydrogen-bond acceptors (Lipinski definition) is 4. The SMILES string of the molecule is COc1ccc(CNC(C)(C)C)cc1OCC(C)CO. The molecule has 114 valence electrons. The van der Waals surface area contributed by atoms with Gasteiger partial charge in [-0.3, -0.25) is 0 Å². The van der Waals surface area contributed by atoms with Gasteiger partial charge in [0.15, 0.2) is 11.5 Å². The van der Waals surface area contributed by atoms with Crippen LogP contribution in [0.3, 0.4) is 0 Å². The lowest BCUT2D eigenvalue weighted by atomic mass is 10.1. The lowest BCUT2D eigenvalue weighted by Crippen LogP contribution is -2.35. The van der Waals surface area contributed by atoms with Gasteiger partial charge in [0.05, 0.1) is 13.7 Å². The summed E-state index contributed by atoms with van der Waals surface area (Å²) in [6.45, 7) is 9.72. The van der Waals surface area contributed by atoms with Gasteiger partial charge in [-0.25, -0.2) is 0 Å². The minimum Gasteiger partial charge on any atom is -0.493 e. The minimum atomic E-state index is 0.0757. The molecular formula is C16H27NO3. The van der Waals surface area contributed by atoms with Gasteiger partial charge in [0.25, 0.3) is 0 Å². The molecule has 0 fully saturated rings. The van der Waals surface area contributed by atoms with Gasteiger partial charge in [0.1, 0.15) is 0 Å². The van der Waals surface area contributed by atoms with Crippen LogP contribution < -0.4 is 14.8 Å². The Bertz CT molecular complexity index is 413. The first kappa shape index (κ1) is 16.8. The van der Waals surface area contributed by atoms with E-state index in [0.29, 0.717) is 6.61 Å². The molecule has 0 amide bonds. The summed E-state index contributed by atoms with van der Waals surface area (Å²) in [4.78, 5) is 0. The third-order valence-corrected chi connectivity index (χ3v) is 2.89. The van der Waals surface area contributed by atoms with Crippen LogP contribution in [-0.4, -0.2) is 31.0 Å². The molecule has 20 heavy (non-hydrogen) atoms. The third-order valence-electron chi connectivity index (χ3n) is 2.89. The molecular weight excluding hydrogens is 254 g/mol. The van der Waals surface area contributed by atoms with E-state index in [4.69, 9.17) is 14.6 Å². The Balaban J connectivity index is 2.74. The molecule has 0 heterocycles. The molecule has 1 aromatic carbocycles. The zero-order chi connectivity index (χ0) is 15.2. The molecule has 2 N–H and O–H groups in total. The largest absolute Gasteiger partial charge is 0.493 e. The van der Waals surface area contributed by atoms with E-state index in [9.17, 15) is 0 Å². The molecule has 0 aliphatic carbocycles. The van der Waals surface area contributed by atoms with Crippen molar-refractivity contribution < 1.29 is 14.6 Å². The molecule has 0 aromatic heterocycles. The maximum Gasteiger partial charge on any atom is 0.161 e. The Labute approximate surface area is 122 Å². The molecule has 0 spiro atoms. The Morgan fingerprint density at radius 3 is 2.50 bits per heavy atom. The van der Waals surface area contributed by atoms with Crippen LogP contribution in [0.1, 0.15) is 33.3 Å². The van der Waals surface area contributed by atoms with Crippen molar-refractivity contribution in [1.82, 2.24) is 5.32 Å². The van der Waals surface area contributed by atoms with E-state index in [2.05, 4.69) is 26.1 Å². The van der Waals surface area contributed by atoms with Crippen LogP contribution in [0.25, 0.3) is 0 Å². The highest BCUT2D eigenvalue weighted by atomic mass is 16.5. The number of nitrogens with one attached hydrogen (secondary N) is 1. The van der Waals surface area contributed by atoms with Crippen molar-refractivity contribution in [2.75, 3.05) is 20.3 Å². The average Bonchev–Trinajstić information content (AvgIpc) is 2.41. The second kappa shape index (κ2) is 7.50. The van der Waals surface area contributed by atoms with Crippen molar-refractivity contribution in [2.24, 2.45) is 5.92 Å². The maximum atomic E-state index is 9.05. The zero-order valence-corrected chi connectivity index (χ0v) is 13.2. The zero-order valence-electron chi connectivity index (χ0n) is 13.2. The Kier molecular flexibility index (Phi) is 6.30. The summed E-state index contributed by atoms with van der Waals surface area (Å²) in [6.07, 6.45) is 0. The first-order valence-electron chi connectivity index (χ1n) is 7.01. The predicted molar refractivity (Wildman–Crippen MR) is 81.3 cm³/mol. The molecule has 4 nitrogen and oxygen atoms in total. The van der Waals surface area contributed by atoms with Crippen LogP contribution >= 0.6 is 0 Å². The summed E-state index contributed by atoms with van der Waals surface area (Å²) in [7, 11) is 1.63. The molecule has 1 atom stereocenters. The van der Waals surface area contributed by atoms with Crippen molar-refractivity contribution in [3.8, 4) is 11.5 Å². The van der Waals surface area contributed by atoms with Crippen LogP contribution in [0.5, 0.6) is 11.5 Å². The summed E-state index contributed by atoms with van der Waals surface area (Å²) in [5.41, 5.74) is 1.22. The summed E-state index contributed by atoms with van der Waals surface area (Å²) in [5, 5.41) is 12.5. The highest BCUT2D eigenvalue weighted by Crippen LogP contribution is 2.28. The van der Waals surface area contributed by atoms with E-state index in [0.717, 1.165) is 23.6 Å². The van der Waals surface area contributed by atoms with Crippen LogP contribution in [0, 0.1) is 5.92 Å². The monoisotopic (exact) mass is 281 g/mol. The number of ether oxygens (including phenoxy) is 2. The first-order valence-corrected chi connectivity index (χ1v) is 7.01. The summed E-state index contributed by atoms with van der Waals surface area (Å²) in [6, 6.07) is 5.93. The number of aliphatic hydroxyl groups is 1. The van der Waals surface area contributed by atoms with Crippen molar-refractivity contribution in [3.05, 3.63) is 23.8 Å². The topological polar surface area (TPSA) is 50.7 Å². The second-order valence-corrected chi connectivity index (χ2v) is 6.19. The maximum absolute atomic E-state index is 9.05. The smallest absolute Gasteiger partial charge is 0.161 e. The number of hydrogen-bond donors (Lipinski definition) is 2. The molecule has 0 radical (unpaired) electrons. The van der Waals surface area contributed by atoms with Gasteiger partial charge in [-0.05, 0) is 38.5 Å².